The molecule has 0 aliphatic rings. The molecule has 0 aliphatic heterocycles. The zero-order valence-corrected chi connectivity index (χ0v) is 19.4. The fraction of sp³-hybridized carbons (Fsp3) is 0.321. The van der Waals surface area contributed by atoms with Crippen LogP contribution in [0.1, 0.15) is 68.6 Å². The maximum atomic E-state index is 13.1. The number of nitrogens with one attached hydrogen (secondary N) is 1. The first kappa shape index (κ1) is 22.6. The molecule has 0 unspecified atom stereocenters. The van der Waals surface area contributed by atoms with E-state index in [1.807, 2.05) is 66.7 Å². The fourth-order valence-corrected chi connectivity index (χ4v) is 3.74. The smallest absolute Gasteiger partial charge is 0.252 e. The SMILES string of the molecule is CC(C)(C)c1cc(-c2ccccc2C(=O)NCc2ccccc2)cc(C(C)(C)C)c1O. The van der Waals surface area contributed by atoms with Gasteiger partial charge in [-0.15, -0.1) is 0 Å². The molecule has 31 heavy (non-hydrogen) atoms. The van der Waals surface area contributed by atoms with E-state index >= 15 is 0 Å². The highest BCUT2D eigenvalue weighted by atomic mass is 16.3. The van der Waals surface area contributed by atoms with Crippen LogP contribution in [0, 0.1) is 0 Å². The summed E-state index contributed by atoms with van der Waals surface area (Å²) in [6.07, 6.45) is 0. The molecule has 0 atom stereocenters. The molecule has 3 aromatic rings. The van der Waals surface area contributed by atoms with E-state index in [1.165, 1.54) is 0 Å². The van der Waals surface area contributed by atoms with Gasteiger partial charge in [0.25, 0.3) is 5.91 Å². The Bertz CT molecular complexity index is 1040. The van der Waals surface area contributed by atoms with Crippen molar-refractivity contribution in [3.63, 3.8) is 0 Å². The Balaban J connectivity index is 2.06. The van der Waals surface area contributed by atoms with Gasteiger partial charge in [0, 0.05) is 23.2 Å². The lowest BCUT2D eigenvalue weighted by molar-refractivity contribution is 0.0951. The molecule has 3 rings (SSSR count). The van der Waals surface area contributed by atoms with Crippen LogP contribution in [-0.4, -0.2) is 11.0 Å². The van der Waals surface area contributed by atoms with Gasteiger partial charge in [-0.25, -0.2) is 0 Å². The number of aromatic hydroxyl groups is 1. The van der Waals surface area contributed by atoms with Gasteiger partial charge >= 0.3 is 0 Å². The van der Waals surface area contributed by atoms with Gasteiger partial charge in [0.1, 0.15) is 5.75 Å². The Morgan fingerprint density at radius 3 is 1.87 bits per heavy atom. The monoisotopic (exact) mass is 415 g/mol. The molecule has 0 spiro atoms. The average molecular weight is 416 g/mol. The molecule has 2 N–H and O–H groups in total. The minimum Gasteiger partial charge on any atom is -0.507 e. The molecule has 0 bridgehead atoms. The second-order valence-corrected chi connectivity index (χ2v) is 10.1. The molecule has 3 heteroatoms. The number of phenolic OH excluding ortho intramolecular Hbond substituents is 1. The summed E-state index contributed by atoms with van der Waals surface area (Å²) in [5, 5.41) is 14.1. The third kappa shape index (κ3) is 5.16. The Hall–Kier alpha value is -3.07. The van der Waals surface area contributed by atoms with Gasteiger partial charge in [0.2, 0.25) is 0 Å². The van der Waals surface area contributed by atoms with Gasteiger partial charge in [-0.3, -0.25) is 4.79 Å². The van der Waals surface area contributed by atoms with Crippen LogP contribution in [0.15, 0.2) is 66.7 Å². The van der Waals surface area contributed by atoms with Crippen LogP contribution >= 0.6 is 0 Å². The third-order valence-corrected chi connectivity index (χ3v) is 5.50. The molecular formula is C28H33NO2. The van der Waals surface area contributed by atoms with E-state index in [0.717, 1.165) is 27.8 Å². The Kier molecular flexibility index (Phi) is 6.26. The summed E-state index contributed by atoms with van der Waals surface area (Å²) in [4.78, 5) is 13.1. The number of carbonyl (C=O) groups excluding carboxylic acids is 1. The Morgan fingerprint density at radius 2 is 1.32 bits per heavy atom. The zero-order valence-electron chi connectivity index (χ0n) is 19.4. The summed E-state index contributed by atoms with van der Waals surface area (Å²) in [6, 6.07) is 21.6. The van der Waals surface area contributed by atoms with Crippen molar-refractivity contribution in [1.82, 2.24) is 5.32 Å². The van der Waals surface area contributed by atoms with E-state index < -0.39 is 0 Å². The second-order valence-electron chi connectivity index (χ2n) is 10.1. The van der Waals surface area contributed by atoms with Crippen LogP contribution in [0.2, 0.25) is 0 Å². The minimum absolute atomic E-state index is 0.109. The molecular weight excluding hydrogens is 382 g/mol. The number of hydrogen-bond donors (Lipinski definition) is 2. The molecule has 3 aromatic carbocycles. The number of amides is 1. The van der Waals surface area contributed by atoms with Gasteiger partial charge in [-0.2, -0.15) is 0 Å². The standard InChI is InChI=1S/C28H33NO2/c1-27(2,3)23-16-20(17-24(25(23)30)28(4,5)6)21-14-10-11-15-22(21)26(31)29-18-19-12-8-7-9-13-19/h7-17,30H,18H2,1-6H3,(H,29,31). The van der Waals surface area contributed by atoms with E-state index in [-0.39, 0.29) is 16.7 Å². The van der Waals surface area contributed by atoms with Crippen molar-refractivity contribution in [2.75, 3.05) is 0 Å². The number of hydrogen-bond acceptors (Lipinski definition) is 2. The van der Waals surface area contributed by atoms with Gasteiger partial charge in [-0.05, 0) is 45.7 Å². The maximum absolute atomic E-state index is 13.1. The number of rotatable bonds is 4. The maximum Gasteiger partial charge on any atom is 0.252 e. The van der Waals surface area contributed by atoms with Crippen LogP contribution in [0.4, 0.5) is 0 Å². The van der Waals surface area contributed by atoms with Crippen LogP contribution in [0.3, 0.4) is 0 Å². The highest BCUT2D eigenvalue weighted by Crippen LogP contribution is 2.42. The van der Waals surface area contributed by atoms with Crippen molar-refractivity contribution in [3.8, 4) is 16.9 Å². The third-order valence-electron chi connectivity index (χ3n) is 5.50. The van der Waals surface area contributed by atoms with E-state index in [4.69, 9.17) is 0 Å². The van der Waals surface area contributed by atoms with Gasteiger partial charge in [-0.1, -0.05) is 90.1 Å². The van der Waals surface area contributed by atoms with Gasteiger partial charge in [0.05, 0.1) is 0 Å². The molecule has 3 nitrogen and oxygen atoms in total. The molecule has 0 saturated heterocycles. The van der Waals surface area contributed by atoms with Crippen LogP contribution in [0.25, 0.3) is 11.1 Å². The van der Waals surface area contributed by atoms with Crippen molar-refractivity contribution in [2.24, 2.45) is 0 Å². The molecule has 0 fully saturated rings. The summed E-state index contributed by atoms with van der Waals surface area (Å²) in [6.45, 7) is 13.0. The molecule has 162 valence electrons. The van der Waals surface area contributed by atoms with E-state index in [2.05, 4.69) is 46.9 Å². The van der Waals surface area contributed by atoms with E-state index in [0.29, 0.717) is 17.9 Å². The lowest BCUT2D eigenvalue weighted by atomic mass is 9.77. The lowest BCUT2D eigenvalue weighted by Gasteiger charge is -2.28. The molecule has 0 aromatic heterocycles. The normalized spacial score (nSPS) is 11.9. The summed E-state index contributed by atoms with van der Waals surface area (Å²) < 4.78 is 0. The quantitative estimate of drug-likeness (QED) is 0.505. The average Bonchev–Trinajstić information content (AvgIpc) is 2.71. The van der Waals surface area contributed by atoms with Gasteiger partial charge < -0.3 is 10.4 Å². The largest absolute Gasteiger partial charge is 0.507 e. The topological polar surface area (TPSA) is 49.3 Å². The Labute approximate surface area is 186 Å². The Morgan fingerprint density at radius 1 is 0.806 bits per heavy atom. The minimum atomic E-state index is -0.232. The summed E-state index contributed by atoms with van der Waals surface area (Å²) in [5.41, 5.74) is 4.80. The molecule has 1 amide bonds. The van der Waals surface area contributed by atoms with Crippen molar-refractivity contribution >= 4 is 5.91 Å². The molecule has 0 radical (unpaired) electrons. The highest BCUT2D eigenvalue weighted by molar-refractivity contribution is 6.01. The van der Waals surface area contributed by atoms with Crippen LogP contribution in [0.5, 0.6) is 5.75 Å². The van der Waals surface area contributed by atoms with Crippen LogP contribution in [-0.2, 0) is 17.4 Å². The number of benzene rings is 3. The first-order valence-corrected chi connectivity index (χ1v) is 10.8. The molecule has 0 aliphatic carbocycles. The van der Waals surface area contributed by atoms with Crippen LogP contribution < -0.4 is 5.32 Å². The lowest BCUT2D eigenvalue weighted by Crippen LogP contribution is -2.23. The first-order valence-electron chi connectivity index (χ1n) is 10.8. The van der Waals surface area contributed by atoms with Crippen molar-refractivity contribution in [2.45, 2.75) is 58.9 Å². The summed E-state index contributed by atoms with van der Waals surface area (Å²) in [5.74, 6) is 0.233. The van der Waals surface area contributed by atoms with Crippen molar-refractivity contribution in [3.05, 3.63) is 89.0 Å². The molecule has 0 saturated carbocycles. The van der Waals surface area contributed by atoms with Crippen molar-refractivity contribution in [1.29, 1.82) is 0 Å². The molecule has 0 heterocycles. The first-order chi connectivity index (χ1) is 14.5. The fourth-order valence-electron chi connectivity index (χ4n) is 3.74. The second kappa shape index (κ2) is 8.58. The van der Waals surface area contributed by atoms with Gasteiger partial charge in [0.15, 0.2) is 0 Å². The summed E-state index contributed by atoms with van der Waals surface area (Å²) in [7, 11) is 0. The summed E-state index contributed by atoms with van der Waals surface area (Å²) >= 11 is 0. The zero-order chi connectivity index (χ0) is 22.8. The number of carbonyl (C=O) groups is 1. The number of phenols is 1. The predicted octanol–water partition coefficient (Wildman–Crippen LogP) is 6.58. The van der Waals surface area contributed by atoms with Crippen molar-refractivity contribution < 1.29 is 9.90 Å². The van der Waals surface area contributed by atoms with E-state index in [9.17, 15) is 9.90 Å². The highest BCUT2D eigenvalue weighted by Gasteiger charge is 2.27. The predicted molar refractivity (Wildman–Crippen MR) is 129 cm³/mol. The van der Waals surface area contributed by atoms with E-state index in [1.54, 1.807) is 0 Å².